The number of hydrogen-bond acceptors (Lipinski definition) is 5. The number of carbonyl (C=O) groups excluding carboxylic acids is 1. The van der Waals surface area contributed by atoms with Crippen LogP contribution in [0.1, 0.15) is 16.2 Å². The van der Waals surface area contributed by atoms with Crippen LogP contribution in [0, 0.1) is 0 Å². The summed E-state index contributed by atoms with van der Waals surface area (Å²) in [6.45, 7) is 3.88. The van der Waals surface area contributed by atoms with Gasteiger partial charge in [0.25, 0.3) is 11.5 Å². The van der Waals surface area contributed by atoms with Crippen molar-refractivity contribution in [2.45, 2.75) is 6.42 Å². The van der Waals surface area contributed by atoms with Gasteiger partial charge in [-0.05, 0) is 18.2 Å². The molecule has 1 saturated heterocycles. The number of carbonyl (C=O) groups is 1. The van der Waals surface area contributed by atoms with Crippen molar-refractivity contribution >= 4 is 16.7 Å². The van der Waals surface area contributed by atoms with Crippen LogP contribution in [0.2, 0.25) is 0 Å². The molecular weight excluding hydrogens is 354 g/mol. The molecule has 2 aromatic heterocycles. The van der Waals surface area contributed by atoms with Gasteiger partial charge >= 0.3 is 0 Å². The minimum Gasteiger partial charge on any atom is -0.335 e. The summed E-state index contributed by atoms with van der Waals surface area (Å²) in [5, 5.41) is 5.41. The van der Waals surface area contributed by atoms with Crippen LogP contribution >= 0.6 is 0 Å². The number of rotatable bonds is 4. The van der Waals surface area contributed by atoms with Gasteiger partial charge in [0, 0.05) is 63.5 Å². The predicted octanol–water partition coefficient (Wildman–Crippen LogP) is 1.33. The summed E-state index contributed by atoms with van der Waals surface area (Å²) in [5.41, 5.74) is 1.24. The van der Waals surface area contributed by atoms with Crippen molar-refractivity contribution in [2.24, 2.45) is 7.05 Å². The first-order valence-corrected chi connectivity index (χ1v) is 9.51. The molecule has 0 N–H and O–H groups in total. The van der Waals surface area contributed by atoms with Crippen LogP contribution in [0.15, 0.2) is 53.5 Å². The van der Waals surface area contributed by atoms with E-state index in [0.717, 1.165) is 31.7 Å². The molecule has 1 aliphatic rings. The summed E-state index contributed by atoms with van der Waals surface area (Å²) < 4.78 is 1.25. The minimum atomic E-state index is -0.188. The normalized spacial score (nSPS) is 15.1. The molecule has 7 nitrogen and oxygen atoms in total. The zero-order chi connectivity index (χ0) is 19.5. The molecule has 144 valence electrons. The number of aromatic nitrogens is 3. The van der Waals surface area contributed by atoms with E-state index >= 15 is 0 Å². The number of fused-ring (bicyclic) bond motifs is 1. The monoisotopic (exact) mass is 377 g/mol. The second kappa shape index (κ2) is 7.90. The Morgan fingerprint density at radius 3 is 2.43 bits per heavy atom. The predicted molar refractivity (Wildman–Crippen MR) is 107 cm³/mol. The van der Waals surface area contributed by atoms with E-state index in [0.29, 0.717) is 29.6 Å². The van der Waals surface area contributed by atoms with Gasteiger partial charge in [0.05, 0.1) is 5.39 Å². The lowest BCUT2D eigenvalue weighted by Crippen LogP contribution is -2.49. The van der Waals surface area contributed by atoms with Crippen LogP contribution in [0.25, 0.3) is 10.8 Å². The van der Waals surface area contributed by atoms with Crippen LogP contribution in [0.3, 0.4) is 0 Å². The highest BCUT2D eigenvalue weighted by molar-refractivity contribution is 6.04. The van der Waals surface area contributed by atoms with Crippen molar-refractivity contribution in [3.8, 4) is 0 Å². The molecule has 28 heavy (non-hydrogen) atoms. The summed E-state index contributed by atoms with van der Waals surface area (Å²) in [6.07, 6.45) is 2.72. The maximum Gasteiger partial charge on any atom is 0.275 e. The Balaban J connectivity index is 1.44. The number of piperazine rings is 1. The molecule has 1 fully saturated rings. The molecule has 0 aliphatic carbocycles. The molecular formula is C21H23N5O2. The van der Waals surface area contributed by atoms with Gasteiger partial charge in [-0.25, -0.2) is 4.68 Å². The second-order valence-electron chi connectivity index (χ2n) is 7.03. The highest BCUT2D eigenvalue weighted by atomic mass is 16.2. The Bertz CT molecular complexity index is 1040. The van der Waals surface area contributed by atoms with E-state index in [4.69, 9.17) is 0 Å². The smallest absolute Gasteiger partial charge is 0.275 e. The number of nitrogens with zero attached hydrogens (tertiary/aromatic N) is 5. The van der Waals surface area contributed by atoms with E-state index in [-0.39, 0.29) is 11.5 Å². The highest BCUT2D eigenvalue weighted by Crippen LogP contribution is 2.16. The fraction of sp³-hybridized carbons (Fsp3) is 0.333. The molecule has 0 bridgehead atoms. The Kier molecular flexibility index (Phi) is 5.16. The van der Waals surface area contributed by atoms with E-state index in [2.05, 4.69) is 15.0 Å². The van der Waals surface area contributed by atoms with Crippen molar-refractivity contribution in [2.75, 3.05) is 32.7 Å². The summed E-state index contributed by atoms with van der Waals surface area (Å²) in [6, 6.07) is 13.1. The second-order valence-corrected chi connectivity index (χ2v) is 7.03. The topological polar surface area (TPSA) is 71.3 Å². The van der Waals surface area contributed by atoms with E-state index in [1.807, 2.05) is 35.4 Å². The number of amides is 1. The molecule has 0 unspecified atom stereocenters. The molecule has 1 aromatic carbocycles. The largest absolute Gasteiger partial charge is 0.335 e. The number of pyridine rings is 1. The van der Waals surface area contributed by atoms with Crippen LogP contribution in [0.4, 0.5) is 0 Å². The van der Waals surface area contributed by atoms with Crippen LogP contribution in [-0.2, 0) is 13.5 Å². The number of benzene rings is 1. The van der Waals surface area contributed by atoms with Gasteiger partial charge in [0.1, 0.15) is 0 Å². The first-order chi connectivity index (χ1) is 13.6. The van der Waals surface area contributed by atoms with Gasteiger partial charge in [-0.15, -0.1) is 0 Å². The van der Waals surface area contributed by atoms with E-state index in [9.17, 15) is 9.59 Å². The van der Waals surface area contributed by atoms with E-state index in [1.54, 1.807) is 25.2 Å². The first-order valence-electron chi connectivity index (χ1n) is 9.51. The Morgan fingerprint density at radius 1 is 1.00 bits per heavy atom. The van der Waals surface area contributed by atoms with Crippen LogP contribution < -0.4 is 5.56 Å². The third-order valence-electron chi connectivity index (χ3n) is 5.23. The molecule has 1 amide bonds. The SMILES string of the molecule is Cn1nc(C(=O)N2CCN(CCc3ccccn3)CC2)c2ccccc2c1=O. The summed E-state index contributed by atoms with van der Waals surface area (Å²) in [7, 11) is 1.58. The summed E-state index contributed by atoms with van der Waals surface area (Å²) in [4.78, 5) is 33.9. The summed E-state index contributed by atoms with van der Waals surface area (Å²) in [5.74, 6) is -0.115. The zero-order valence-corrected chi connectivity index (χ0v) is 15.9. The third-order valence-corrected chi connectivity index (χ3v) is 5.23. The summed E-state index contributed by atoms with van der Waals surface area (Å²) >= 11 is 0. The molecule has 0 spiro atoms. The number of hydrogen-bond donors (Lipinski definition) is 0. The molecule has 0 saturated carbocycles. The maximum absolute atomic E-state index is 13.1. The standard InChI is InChI=1S/C21H23N5O2/c1-24-20(27)18-8-3-2-7-17(18)19(23-24)21(28)26-14-12-25(13-15-26)11-9-16-6-4-5-10-22-16/h2-8,10H,9,11-15H2,1H3. The zero-order valence-electron chi connectivity index (χ0n) is 15.9. The molecule has 3 aromatic rings. The molecule has 0 radical (unpaired) electrons. The molecule has 3 heterocycles. The van der Waals surface area contributed by atoms with Gasteiger partial charge < -0.3 is 4.90 Å². The van der Waals surface area contributed by atoms with Gasteiger partial charge in [-0.1, -0.05) is 24.3 Å². The molecule has 7 heteroatoms. The quantitative estimate of drug-likeness (QED) is 0.686. The van der Waals surface area contributed by atoms with Gasteiger partial charge in [-0.3, -0.25) is 19.5 Å². The van der Waals surface area contributed by atoms with Crippen molar-refractivity contribution < 1.29 is 4.79 Å². The van der Waals surface area contributed by atoms with Crippen molar-refractivity contribution in [3.05, 3.63) is 70.4 Å². The lowest BCUT2D eigenvalue weighted by Gasteiger charge is -2.34. The van der Waals surface area contributed by atoms with Crippen molar-refractivity contribution in [1.29, 1.82) is 0 Å². The highest BCUT2D eigenvalue weighted by Gasteiger charge is 2.25. The van der Waals surface area contributed by atoms with E-state index in [1.165, 1.54) is 4.68 Å². The molecule has 4 rings (SSSR count). The van der Waals surface area contributed by atoms with Gasteiger partial charge in [0.15, 0.2) is 5.69 Å². The Hall–Kier alpha value is -3.06. The van der Waals surface area contributed by atoms with Gasteiger partial charge in [0.2, 0.25) is 0 Å². The van der Waals surface area contributed by atoms with Gasteiger partial charge in [-0.2, -0.15) is 5.10 Å². The fourth-order valence-corrected chi connectivity index (χ4v) is 3.60. The third kappa shape index (κ3) is 3.66. The Morgan fingerprint density at radius 2 is 1.71 bits per heavy atom. The Labute approximate surface area is 163 Å². The molecule has 1 aliphatic heterocycles. The average Bonchev–Trinajstić information content (AvgIpc) is 2.75. The van der Waals surface area contributed by atoms with E-state index < -0.39 is 0 Å². The lowest BCUT2D eigenvalue weighted by atomic mass is 10.1. The first kappa shape index (κ1) is 18.3. The average molecular weight is 377 g/mol. The molecule has 0 atom stereocenters. The minimum absolute atomic E-state index is 0.115. The van der Waals surface area contributed by atoms with Crippen molar-refractivity contribution in [3.63, 3.8) is 0 Å². The number of aryl methyl sites for hydroxylation is 1. The van der Waals surface area contributed by atoms with Crippen LogP contribution in [0.5, 0.6) is 0 Å². The fourth-order valence-electron chi connectivity index (χ4n) is 3.60. The lowest BCUT2D eigenvalue weighted by molar-refractivity contribution is 0.0632. The maximum atomic E-state index is 13.1. The van der Waals surface area contributed by atoms with Crippen molar-refractivity contribution in [1.82, 2.24) is 24.6 Å². The van der Waals surface area contributed by atoms with Crippen LogP contribution in [-0.4, -0.2) is 63.2 Å².